The number of carboxylic acids is 1. The molecule has 0 saturated carbocycles. The van der Waals surface area contributed by atoms with Crippen LogP contribution < -0.4 is 5.11 Å². The van der Waals surface area contributed by atoms with Crippen molar-refractivity contribution >= 4 is 16.1 Å². The fourth-order valence-electron chi connectivity index (χ4n) is 0.874. The molecule has 16 heavy (non-hydrogen) atoms. The highest BCUT2D eigenvalue weighted by molar-refractivity contribution is 7.86. The van der Waals surface area contributed by atoms with Crippen LogP contribution >= 0.6 is 0 Å². The standard InChI is InChI=1S/C10H20O5S/c1-10(2,3)8-15-16(13,14)7-5-4-6-9(11)12/h4-8H2,1-3H3,(H,11,12)/p-1. The van der Waals surface area contributed by atoms with Crippen molar-refractivity contribution in [3.05, 3.63) is 0 Å². The van der Waals surface area contributed by atoms with Gasteiger partial charge in [-0.2, -0.15) is 8.42 Å². The molecule has 96 valence electrons. The van der Waals surface area contributed by atoms with Gasteiger partial charge in [-0.05, 0) is 24.7 Å². The maximum Gasteiger partial charge on any atom is 0.267 e. The van der Waals surface area contributed by atoms with Crippen molar-refractivity contribution < 1.29 is 22.5 Å². The Hall–Kier alpha value is -0.620. The molecule has 0 aromatic carbocycles. The fourth-order valence-corrected chi connectivity index (χ4v) is 2.08. The van der Waals surface area contributed by atoms with Crippen LogP contribution in [0.15, 0.2) is 0 Å². The Morgan fingerprint density at radius 3 is 2.25 bits per heavy atom. The molecule has 0 aromatic rings. The van der Waals surface area contributed by atoms with Crippen molar-refractivity contribution in [2.75, 3.05) is 12.4 Å². The lowest BCUT2D eigenvalue weighted by Gasteiger charge is -2.17. The SMILES string of the molecule is CC(C)(C)COS(=O)(=O)CCCCC(=O)[O-]. The number of carboxylic acid groups (broad SMARTS) is 1. The quantitative estimate of drug-likeness (QED) is 0.480. The van der Waals surface area contributed by atoms with Crippen LogP contribution in [-0.2, 0) is 19.1 Å². The number of unbranched alkanes of at least 4 members (excludes halogenated alkanes) is 1. The summed E-state index contributed by atoms with van der Waals surface area (Å²) in [5.41, 5.74) is -0.210. The molecule has 0 amide bonds. The maximum atomic E-state index is 11.3. The second-order valence-corrected chi connectivity index (χ2v) is 6.67. The smallest absolute Gasteiger partial charge is 0.267 e. The number of hydrogen-bond donors (Lipinski definition) is 0. The van der Waals surface area contributed by atoms with Crippen molar-refractivity contribution in [1.29, 1.82) is 0 Å². The average molecular weight is 251 g/mol. The van der Waals surface area contributed by atoms with E-state index >= 15 is 0 Å². The second kappa shape index (κ2) is 6.20. The minimum Gasteiger partial charge on any atom is -0.550 e. The largest absolute Gasteiger partial charge is 0.550 e. The van der Waals surface area contributed by atoms with Crippen molar-refractivity contribution in [1.82, 2.24) is 0 Å². The Labute approximate surface area is 96.9 Å². The molecule has 0 aliphatic rings. The van der Waals surface area contributed by atoms with Gasteiger partial charge in [-0.15, -0.1) is 0 Å². The van der Waals surface area contributed by atoms with E-state index in [1.165, 1.54) is 0 Å². The Morgan fingerprint density at radius 2 is 1.81 bits per heavy atom. The summed E-state index contributed by atoms with van der Waals surface area (Å²) in [5.74, 6) is -1.30. The summed E-state index contributed by atoms with van der Waals surface area (Å²) in [7, 11) is -3.53. The van der Waals surface area contributed by atoms with Crippen LogP contribution in [-0.4, -0.2) is 26.7 Å². The number of carbonyl (C=O) groups excluding carboxylic acids is 1. The van der Waals surface area contributed by atoms with Crippen molar-refractivity contribution in [2.24, 2.45) is 5.41 Å². The predicted octanol–water partition coefficient (Wildman–Crippen LogP) is 0.299. The Bertz CT molecular complexity index is 313. The van der Waals surface area contributed by atoms with Gasteiger partial charge in [0.2, 0.25) is 0 Å². The van der Waals surface area contributed by atoms with E-state index in [9.17, 15) is 18.3 Å². The van der Waals surface area contributed by atoms with Crippen LogP contribution in [0.25, 0.3) is 0 Å². The maximum absolute atomic E-state index is 11.3. The molecule has 0 aliphatic heterocycles. The molecule has 0 heterocycles. The lowest BCUT2D eigenvalue weighted by Crippen LogP contribution is -2.22. The van der Waals surface area contributed by atoms with Gasteiger partial charge in [-0.1, -0.05) is 20.8 Å². The van der Waals surface area contributed by atoms with E-state index in [0.717, 1.165) is 0 Å². The van der Waals surface area contributed by atoms with Gasteiger partial charge in [0.1, 0.15) is 0 Å². The normalized spacial score (nSPS) is 12.7. The number of rotatable bonds is 7. The van der Waals surface area contributed by atoms with E-state index in [0.29, 0.717) is 6.42 Å². The lowest BCUT2D eigenvalue weighted by molar-refractivity contribution is -0.305. The van der Waals surface area contributed by atoms with Gasteiger partial charge in [0.15, 0.2) is 0 Å². The third-order valence-electron chi connectivity index (χ3n) is 1.70. The lowest BCUT2D eigenvalue weighted by atomic mass is 9.99. The molecule has 0 spiro atoms. The fraction of sp³-hybridized carbons (Fsp3) is 0.900. The Morgan fingerprint density at radius 1 is 1.25 bits per heavy atom. The zero-order valence-corrected chi connectivity index (χ0v) is 10.8. The summed E-state index contributed by atoms with van der Waals surface area (Å²) in [6.45, 7) is 5.76. The monoisotopic (exact) mass is 251 g/mol. The van der Waals surface area contributed by atoms with Crippen LogP contribution in [0.3, 0.4) is 0 Å². The third kappa shape index (κ3) is 9.92. The van der Waals surface area contributed by atoms with Gasteiger partial charge in [-0.25, -0.2) is 0 Å². The molecule has 0 N–H and O–H groups in total. The van der Waals surface area contributed by atoms with Crippen molar-refractivity contribution in [3.63, 3.8) is 0 Å². The summed E-state index contributed by atoms with van der Waals surface area (Å²) >= 11 is 0. The molecule has 0 radical (unpaired) electrons. The molecule has 0 saturated heterocycles. The highest BCUT2D eigenvalue weighted by atomic mass is 32.2. The van der Waals surface area contributed by atoms with Crippen molar-refractivity contribution in [3.8, 4) is 0 Å². The van der Waals surface area contributed by atoms with Gasteiger partial charge in [0, 0.05) is 5.97 Å². The van der Waals surface area contributed by atoms with Gasteiger partial charge < -0.3 is 9.90 Å². The molecule has 0 fully saturated rings. The molecule has 6 heteroatoms. The van der Waals surface area contributed by atoms with Crippen LogP contribution in [0.5, 0.6) is 0 Å². The van der Waals surface area contributed by atoms with E-state index in [-0.39, 0.29) is 30.6 Å². The van der Waals surface area contributed by atoms with Crippen LogP contribution in [0, 0.1) is 5.41 Å². The van der Waals surface area contributed by atoms with Gasteiger partial charge >= 0.3 is 0 Å². The molecular weight excluding hydrogens is 232 g/mol. The molecule has 0 aliphatic carbocycles. The highest BCUT2D eigenvalue weighted by Crippen LogP contribution is 2.15. The highest BCUT2D eigenvalue weighted by Gasteiger charge is 2.17. The summed E-state index contributed by atoms with van der Waals surface area (Å²) < 4.78 is 27.5. The first-order chi connectivity index (χ1) is 7.12. The summed E-state index contributed by atoms with van der Waals surface area (Å²) in [4.78, 5) is 10.1. The van der Waals surface area contributed by atoms with Crippen LogP contribution in [0.4, 0.5) is 0 Å². The molecule has 0 atom stereocenters. The van der Waals surface area contributed by atoms with E-state index in [4.69, 9.17) is 4.18 Å². The molecule has 0 rings (SSSR count). The summed E-state index contributed by atoms with van der Waals surface area (Å²) in [6, 6.07) is 0. The predicted molar refractivity (Wildman–Crippen MR) is 58.1 cm³/mol. The third-order valence-corrected chi connectivity index (χ3v) is 2.96. The molecule has 0 bridgehead atoms. The second-order valence-electron chi connectivity index (χ2n) is 4.91. The topological polar surface area (TPSA) is 83.5 Å². The first-order valence-corrected chi connectivity index (χ1v) is 6.77. The zero-order chi connectivity index (χ0) is 12.8. The minimum atomic E-state index is -3.53. The average Bonchev–Trinajstić information content (AvgIpc) is 2.08. The summed E-state index contributed by atoms with van der Waals surface area (Å²) in [6.07, 6.45) is 0.454. The number of aliphatic carboxylic acids is 1. The van der Waals surface area contributed by atoms with E-state index in [2.05, 4.69) is 0 Å². The zero-order valence-electron chi connectivity index (χ0n) is 9.99. The van der Waals surface area contributed by atoms with Gasteiger partial charge in [-0.3, -0.25) is 4.18 Å². The van der Waals surface area contributed by atoms with E-state index in [1.807, 2.05) is 20.8 Å². The molecule has 5 nitrogen and oxygen atoms in total. The Balaban J connectivity index is 3.84. The van der Waals surface area contributed by atoms with Crippen LogP contribution in [0.2, 0.25) is 0 Å². The molecule has 0 aromatic heterocycles. The Kier molecular flexibility index (Phi) is 5.96. The first kappa shape index (κ1) is 15.4. The minimum absolute atomic E-state index is 0.116. The summed E-state index contributed by atoms with van der Waals surface area (Å²) in [5, 5.41) is 10.1. The van der Waals surface area contributed by atoms with Gasteiger partial charge in [0.05, 0.1) is 12.4 Å². The van der Waals surface area contributed by atoms with E-state index < -0.39 is 16.1 Å². The van der Waals surface area contributed by atoms with Gasteiger partial charge in [0.25, 0.3) is 10.1 Å². The van der Waals surface area contributed by atoms with Crippen molar-refractivity contribution in [2.45, 2.75) is 40.0 Å². The van der Waals surface area contributed by atoms with Crippen LogP contribution in [0.1, 0.15) is 40.0 Å². The van der Waals surface area contributed by atoms with E-state index in [1.54, 1.807) is 0 Å². The first-order valence-electron chi connectivity index (χ1n) is 5.19. The number of hydrogen-bond acceptors (Lipinski definition) is 5. The molecular formula is C10H19O5S-. The molecule has 0 unspecified atom stereocenters. The number of carbonyl (C=O) groups is 1.